The van der Waals surface area contributed by atoms with Gasteiger partial charge in [-0.15, -0.1) is 0 Å². The molecular weight excluding hydrogens is 180 g/mol. The molecule has 0 aromatic carbocycles. The van der Waals surface area contributed by atoms with Gasteiger partial charge in [0.15, 0.2) is 0 Å². The first-order valence-electron chi connectivity index (χ1n) is 4.85. The third-order valence-corrected chi connectivity index (χ3v) is 2.63. The Balaban J connectivity index is 2.71. The van der Waals surface area contributed by atoms with Crippen LogP contribution >= 0.6 is 0 Å². The number of rotatable bonds is 1. The van der Waals surface area contributed by atoms with Crippen LogP contribution in [0, 0.1) is 11.8 Å². The van der Waals surface area contributed by atoms with E-state index in [2.05, 4.69) is 4.74 Å². The van der Waals surface area contributed by atoms with Gasteiger partial charge in [-0.25, -0.2) is 4.79 Å². The van der Waals surface area contributed by atoms with Crippen LogP contribution in [0.4, 0.5) is 0 Å². The highest BCUT2D eigenvalue weighted by Crippen LogP contribution is 2.29. The maximum absolute atomic E-state index is 11.5. The average Bonchev–Trinajstić information content (AvgIpc) is 2.14. The molecule has 0 aromatic heterocycles. The van der Waals surface area contributed by atoms with Crippen LogP contribution in [0.25, 0.3) is 0 Å². The highest BCUT2D eigenvalue weighted by atomic mass is 16.5. The van der Waals surface area contributed by atoms with Gasteiger partial charge in [-0.05, 0) is 12.8 Å². The second kappa shape index (κ2) is 4.40. The van der Waals surface area contributed by atoms with Crippen LogP contribution in [0.2, 0.25) is 0 Å². The van der Waals surface area contributed by atoms with Gasteiger partial charge < -0.3 is 4.74 Å². The molecule has 78 valence electrons. The van der Waals surface area contributed by atoms with Crippen molar-refractivity contribution in [3.8, 4) is 0 Å². The molecular formula is C11H16O3. The summed E-state index contributed by atoms with van der Waals surface area (Å²) < 4.78 is 4.55. The lowest BCUT2D eigenvalue weighted by Crippen LogP contribution is -2.26. The summed E-state index contributed by atoms with van der Waals surface area (Å²) in [4.78, 5) is 22.5. The van der Waals surface area contributed by atoms with Crippen molar-refractivity contribution in [2.75, 3.05) is 7.11 Å². The number of hydrogen-bond acceptors (Lipinski definition) is 3. The quantitative estimate of drug-likeness (QED) is 0.473. The SMILES string of the molecule is COC(=O)C=C1C[C@@H](C)C(=O)[C@H](C)C1. The lowest BCUT2D eigenvalue weighted by Gasteiger charge is -2.24. The molecule has 1 rings (SSSR count). The molecule has 2 atom stereocenters. The summed E-state index contributed by atoms with van der Waals surface area (Å²) >= 11 is 0. The van der Waals surface area contributed by atoms with Gasteiger partial charge in [0.2, 0.25) is 0 Å². The highest BCUT2D eigenvalue weighted by Gasteiger charge is 2.27. The van der Waals surface area contributed by atoms with Crippen LogP contribution in [0.3, 0.4) is 0 Å². The number of ketones is 1. The van der Waals surface area contributed by atoms with E-state index in [4.69, 9.17) is 0 Å². The zero-order valence-electron chi connectivity index (χ0n) is 8.87. The molecule has 0 spiro atoms. The number of carbonyl (C=O) groups excluding carboxylic acids is 2. The normalized spacial score (nSPS) is 27.4. The molecule has 3 heteroatoms. The van der Waals surface area contributed by atoms with Crippen LogP contribution in [0.5, 0.6) is 0 Å². The fourth-order valence-electron chi connectivity index (χ4n) is 1.90. The van der Waals surface area contributed by atoms with Gasteiger partial charge >= 0.3 is 5.97 Å². The minimum Gasteiger partial charge on any atom is -0.466 e. The van der Waals surface area contributed by atoms with E-state index in [1.165, 1.54) is 13.2 Å². The first kappa shape index (κ1) is 11.0. The van der Waals surface area contributed by atoms with Gasteiger partial charge in [0, 0.05) is 17.9 Å². The predicted molar refractivity (Wildman–Crippen MR) is 52.7 cm³/mol. The number of ether oxygens (including phenoxy) is 1. The molecule has 14 heavy (non-hydrogen) atoms. The first-order chi connectivity index (χ1) is 6.54. The summed E-state index contributed by atoms with van der Waals surface area (Å²) in [7, 11) is 1.36. The van der Waals surface area contributed by atoms with E-state index in [1.807, 2.05) is 13.8 Å². The summed E-state index contributed by atoms with van der Waals surface area (Å²) in [5.41, 5.74) is 1.02. The number of carbonyl (C=O) groups is 2. The largest absolute Gasteiger partial charge is 0.466 e. The van der Waals surface area contributed by atoms with Crippen molar-refractivity contribution in [3.63, 3.8) is 0 Å². The second-order valence-electron chi connectivity index (χ2n) is 3.94. The molecule has 0 saturated heterocycles. The summed E-state index contributed by atoms with van der Waals surface area (Å²) in [6.07, 6.45) is 2.90. The van der Waals surface area contributed by atoms with Crippen molar-refractivity contribution in [2.45, 2.75) is 26.7 Å². The molecule has 0 aliphatic heterocycles. The van der Waals surface area contributed by atoms with Crippen molar-refractivity contribution in [3.05, 3.63) is 11.6 Å². The molecule has 0 N–H and O–H groups in total. The molecule has 3 nitrogen and oxygen atoms in total. The van der Waals surface area contributed by atoms with E-state index in [-0.39, 0.29) is 17.8 Å². The van der Waals surface area contributed by atoms with Crippen LogP contribution in [-0.4, -0.2) is 18.9 Å². The van der Waals surface area contributed by atoms with E-state index in [0.29, 0.717) is 18.6 Å². The summed E-state index contributed by atoms with van der Waals surface area (Å²) in [6, 6.07) is 0. The minimum atomic E-state index is -0.325. The number of hydrogen-bond donors (Lipinski definition) is 0. The summed E-state index contributed by atoms with van der Waals surface area (Å²) in [6.45, 7) is 3.81. The predicted octanol–water partition coefficient (Wildman–Crippen LogP) is 1.72. The van der Waals surface area contributed by atoms with Gasteiger partial charge in [-0.1, -0.05) is 19.4 Å². The molecule has 1 aliphatic rings. The van der Waals surface area contributed by atoms with Crippen molar-refractivity contribution in [1.29, 1.82) is 0 Å². The maximum atomic E-state index is 11.5. The Morgan fingerprint density at radius 3 is 2.29 bits per heavy atom. The molecule has 1 fully saturated rings. The Kier molecular flexibility index (Phi) is 3.44. The zero-order chi connectivity index (χ0) is 10.7. The monoisotopic (exact) mass is 196 g/mol. The molecule has 0 amide bonds. The van der Waals surface area contributed by atoms with Crippen molar-refractivity contribution in [2.24, 2.45) is 11.8 Å². The number of esters is 1. The van der Waals surface area contributed by atoms with E-state index in [1.54, 1.807) is 0 Å². The molecule has 1 aliphatic carbocycles. The van der Waals surface area contributed by atoms with E-state index >= 15 is 0 Å². The third kappa shape index (κ3) is 2.44. The third-order valence-electron chi connectivity index (χ3n) is 2.63. The first-order valence-corrected chi connectivity index (χ1v) is 4.85. The van der Waals surface area contributed by atoms with Gasteiger partial charge in [-0.2, -0.15) is 0 Å². The van der Waals surface area contributed by atoms with Crippen molar-refractivity contribution < 1.29 is 14.3 Å². The van der Waals surface area contributed by atoms with Gasteiger partial charge in [0.05, 0.1) is 7.11 Å². The smallest absolute Gasteiger partial charge is 0.330 e. The second-order valence-corrected chi connectivity index (χ2v) is 3.94. The topological polar surface area (TPSA) is 43.4 Å². The Morgan fingerprint density at radius 1 is 1.36 bits per heavy atom. The van der Waals surface area contributed by atoms with Crippen LogP contribution in [0.1, 0.15) is 26.7 Å². The number of methoxy groups -OCH3 is 1. The maximum Gasteiger partial charge on any atom is 0.330 e. The van der Waals surface area contributed by atoms with Gasteiger partial charge in [0.25, 0.3) is 0 Å². The molecule has 0 radical (unpaired) electrons. The van der Waals surface area contributed by atoms with E-state index < -0.39 is 0 Å². The van der Waals surface area contributed by atoms with Gasteiger partial charge in [0.1, 0.15) is 5.78 Å². The lowest BCUT2D eigenvalue weighted by atomic mass is 9.79. The summed E-state index contributed by atoms with van der Waals surface area (Å²) in [5, 5.41) is 0. The fraction of sp³-hybridized carbons (Fsp3) is 0.636. The van der Waals surface area contributed by atoms with Crippen molar-refractivity contribution in [1.82, 2.24) is 0 Å². The van der Waals surface area contributed by atoms with Crippen LogP contribution < -0.4 is 0 Å². The zero-order valence-corrected chi connectivity index (χ0v) is 8.87. The minimum absolute atomic E-state index is 0.0367. The number of Topliss-reactive ketones (excluding diaryl/α,β-unsaturated/α-hetero) is 1. The highest BCUT2D eigenvalue weighted by molar-refractivity contribution is 5.87. The molecule has 0 heterocycles. The van der Waals surface area contributed by atoms with E-state index in [9.17, 15) is 9.59 Å². The average molecular weight is 196 g/mol. The Hall–Kier alpha value is -1.12. The Bertz CT molecular complexity index is 262. The standard InChI is InChI=1S/C11H16O3/c1-7-4-9(6-10(12)14-3)5-8(2)11(7)13/h6-8H,4-5H2,1-3H3/t7-,8-/m1/s1. The Labute approximate surface area is 84.1 Å². The fourth-order valence-corrected chi connectivity index (χ4v) is 1.90. The summed E-state index contributed by atoms with van der Waals surface area (Å²) in [5.74, 6) is 0.0464. The lowest BCUT2D eigenvalue weighted by molar-refractivity contribution is -0.135. The van der Waals surface area contributed by atoms with Crippen LogP contribution in [0.15, 0.2) is 11.6 Å². The van der Waals surface area contributed by atoms with E-state index in [0.717, 1.165) is 5.57 Å². The molecule has 0 aromatic rings. The van der Waals surface area contributed by atoms with Crippen LogP contribution in [-0.2, 0) is 14.3 Å². The van der Waals surface area contributed by atoms with Crippen molar-refractivity contribution >= 4 is 11.8 Å². The molecule has 0 unspecified atom stereocenters. The number of allylic oxidation sites excluding steroid dienone is 1. The Morgan fingerprint density at radius 2 is 1.86 bits per heavy atom. The van der Waals surface area contributed by atoms with Gasteiger partial charge in [-0.3, -0.25) is 4.79 Å². The molecule has 1 saturated carbocycles. The molecule has 0 bridgehead atoms.